The van der Waals surface area contributed by atoms with E-state index in [9.17, 15) is 14.4 Å². The normalized spacial score (nSPS) is 15.4. The van der Waals surface area contributed by atoms with Gasteiger partial charge in [-0.15, -0.1) is 0 Å². The Balaban J connectivity index is 1.53. The molecule has 1 atom stereocenters. The average molecular weight is 367 g/mol. The fraction of sp³-hybridized carbons (Fsp3) is 0.250. The first-order valence-electron chi connectivity index (χ1n) is 8.69. The highest BCUT2D eigenvalue weighted by atomic mass is 16.5. The molecular formula is C20H21N3O4. The minimum atomic E-state index is -0.528. The highest BCUT2D eigenvalue weighted by molar-refractivity contribution is 6.01. The molecule has 4 N–H and O–H groups in total. The number of nitrogens with one attached hydrogen (secondary N) is 2. The smallest absolute Gasteiger partial charge is 0.255 e. The number of primary amides is 1. The van der Waals surface area contributed by atoms with Crippen molar-refractivity contribution in [2.45, 2.75) is 18.8 Å². The van der Waals surface area contributed by atoms with Crippen LogP contribution in [0.2, 0.25) is 0 Å². The van der Waals surface area contributed by atoms with Gasteiger partial charge >= 0.3 is 0 Å². The highest BCUT2D eigenvalue weighted by Gasteiger charge is 2.30. The van der Waals surface area contributed by atoms with Crippen molar-refractivity contribution >= 4 is 23.4 Å². The average Bonchev–Trinajstić information content (AvgIpc) is 2.66. The van der Waals surface area contributed by atoms with Crippen molar-refractivity contribution in [1.82, 2.24) is 5.32 Å². The number of ether oxygens (including phenoxy) is 1. The van der Waals surface area contributed by atoms with Gasteiger partial charge in [0.2, 0.25) is 11.8 Å². The molecule has 0 fully saturated rings. The number of nitrogens with two attached hydrogens (primary N) is 1. The third-order valence-electron chi connectivity index (χ3n) is 4.33. The Morgan fingerprint density at radius 3 is 2.63 bits per heavy atom. The number of hydrogen-bond donors (Lipinski definition) is 3. The van der Waals surface area contributed by atoms with Crippen LogP contribution < -0.4 is 21.1 Å². The zero-order chi connectivity index (χ0) is 19.2. The van der Waals surface area contributed by atoms with E-state index in [0.717, 1.165) is 11.1 Å². The molecule has 0 spiro atoms. The van der Waals surface area contributed by atoms with Gasteiger partial charge in [-0.25, -0.2) is 0 Å². The molecule has 7 heteroatoms. The Hall–Kier alpha value is -3.35. The van der Waals surface area contributed by atoms with Gasteiger partial charge in [-0.1, -0.05) is 30.3 Å². The van der Waals surface area contributed by atoms with Gasteiger partial charge in [0.1, 0.15) is 5.75 Å². The van der Waals surface area contributed by atoms with E-state index in [1.165, 1.54) is 0 Å². The number of carbonyl (C=O) groups is 3. The Bertz CT molecular complexity index is 849. The van der Waals surface area contributed by atoms with Gasteiger partial charge in [0.05, 0.1) is 5.92 Å². The molecular weight excluding hydrogens is 346 g/mol. The van der Waals surface area contributed by atoms with Gasteiger partial charge in [0.25, 0.3) is 5.91 Å². The molecule has 1 heterocycles. The molecule has 0 aliphatic carbocycles. The van der Waals surface area contributed by atoms with Gasteiger partial charge < -0.3 is 21.1 Å². The zero-order valence-corrected chi connectivity index (χ0v) is 14.7. The second-order valence-electron chi connectivity index (χ2n) is 6.33. The van der Waals surface area contributed by atoms with Gasteiger partial charge in [-0.05, 0) is 35.7 Å². The monoisotopic (exact) mass is 367 g/mol. The van der Waals surface area contributed by atoms with E-state index in [4.69, 9.17) is 10.5 Å². The Kier molecular flexibility index (Phi) is 5.71. The Morgan fingerprint density at radius 2 is 1.89 bits per heavy atom. The van der Waals surface area contributed by atoms with Crippen LogP contribution in [0.5, 0.6) is 5.75 Å². The molecule has 3 rings (SSSR count). The first kappa shape index (κ1) is 18.4. The number of hydrogen-bond acceptors (Lipinski definition) is 4. The molecule has 1 aliphatic rings. The molecule has 0 saturated heterocycles. The molecule has 1 unspecified atom stereocenters. The lowest BCUT2D eigenvalue weighted by molar-refractivity contribution is -0.126. The maximum absolute atomic E-state index is 12.5. The zero-order valence-electron chi connectivity index (χ0n) is 14.7. The predicted molar refractivity (Wildman–Crippen MR) is 100 cm³/mol. The van der Waals surface area contributed by atoms with E-state index in [1.54, 1.807) is 18.2 Å². The first-order chi connectivity index (χ1) is 13.0. The molecule has 140 valence electrons. The minimum absolute atomic E-state index is 0.148. The van der Waals surface area contributed by atoms with E-state index in [1.807, 2.05) is 30.3 Å². The molecule has 7 nitrogen and oxygen atoms in total. The number of anilines is 1. The lowest BCUT2D eigenvalue weighted by atomic mass is 9.90. The number of amides is 3. The number of rotatable bonds is 7. The van der Waals surface area contributed by atoms with Crippen molar-refractivity contribution in [3.05, 3.63) is 59.7 Å². The van der Waals surface area contributed by atoms with Crippen LogP contribution in [0.25, 0.3) is 0 Å². The lowest BCUT2D eigenvalue weighted by Crippen LogP contribution is -2.35. The number of benzene rings is 2. The van der Waals surface area contributed by atoms with Gasteiger partial charge in [0, 0.05) is 18.7 Å². The van der Waals surface area contributed by atoms with Crippen molar-refractivity contribution < 1.29 is 19.1 Å². The quantitative estimate of drug-likeness (QED) is 0.686. The third kappa shape index (κ3) is 4.84. The largest absolute Gasteiger partial charge is 0.484 e. The van der Waals surface area contributed by atoms with Crippen LogP contribution in [0.1, 0.15) is 23.5 Å². The van der Waals surface area contributed by atoms with Crippen LogP contribution in [0, 0.1) is 0 Å². The van der Waals surface area contributed by atoms with Crippen LogP contribution >= 0.6 is 0 Å². The first-order valence-corrected chi connectivity index (χ1v) is 8.69. The summed E-state index contributed by atoms with van der Waals surface area (Å²) in [6.07, 6.45) is 0.789. The van der Waals surface area contributed by atoms with Crippen molar-refractivity contribution in [3.63, 3.8) is 0 Å². The van der Waals surface area contributed by atoms with E-state index in [2.05, 4.69) is 10.6 Å². The molecule has 1 aliphatic heterocycles. The molecule has 27 heavy (non-hydrogen) atoms. The molecule has 0 radical (unpaired) electrons. The summed E-state index contributed by atoms with van der Waals surface area (Å²) in [5.41, 5.74) is 7.59. The van der Waals surface area contributed by atoms with Crippen LogP contribution in [0.4, 0.5) is 5.69 Å². The second-order valence-corrected chi connectivity index (χ2v) is 6.33. The molecule has 2 aromatic carbocycles. The number of para-hydroxylation sites is 1. The molecule has 2 aromatic rings. The molecule has 0 bridgehead atoms. The van der Waals surface area contributed by atoms with Crippen molar-refractivity contribution in [1.29, 1.82) is 0 Å². The van der Waals surface area contributed by atoms with Gasteiger partial charge in [-0.2, -0.15) is 0 Å². The maximum Gasteiger partial charge on any atom is 0.255 e. The Morgan fingerprint density at radius 1 is 1.15 bits per heavy atom. The summed E-state index contributed by atoms with van der Waals surface area (Å²) in [5.74, 6) is -0.746. The highest BCUT2D eigenvalue weighted by Crippen LogP contribution is 2.31. The summed E-state index contributed by atoms with van der Waals surface area (Å²) in [6, 6.07) is 14.6. The Labute approximate surface area is 156 Å². The predicted octanol–water partition coefficient (Wildman–Crippen LogP) is 1.34. The molecule has 3 amide bonds. The SMILES string of the molecule is NC(=O)COc1ccc(CCNC(=O)C2CC(=O)Nc3ccccc32)cc1. The summed E-state index contributed by atoms with van der Waals surface area (Å²) in [5, 5.41) is 5.70. The van der Waals surface area contributed by atoms with E-state index in [-0.39, 0.29) is 24.8 Å². The van der Waals surface area contributed by atoms with Crippen molar-refractivity contribution in [2.75, 3.05) is 18.5 Å². The fourth-order valence-corrected chi connectivity index (χ4v) is 3.01. The van der Waals surface area contributed by atoms with Gasteiger partial charge in [0.15, 0.2) is 6.61 Å². The molecule has 0 saturated carbocycles. The summed E-state index contributed by atoms with van der Waals surface area (Å²) in [6.45, 7) is 0.298. The maximum atomic E-state index is 12.5. The van der Waals surface area contributed by atoms with Gasteiger partial charge in [-0.3, -0.25) is 14.4 Å². The topological polar surface area (TPSA) is 111 Å². The fourth-order valence-electron chi connectivity index (χ4n) is 3.01. The summed E-state index contributed by atoms with van der Waals surface area (Å²) in [7, 11) is 0. The molecule has 0 aromatic heterocycles. The van der Waals surface area contributed by atoms with Crippen molar-refractivity contribution in [2.24, 2.45) is 5.73 Å². The van der Waals surface area contributed by atoms with E-state index >= 15 is 0 Å². The summed E-state index contributed by atoms with van der Waals surface area (Å²) >= 11 is 0. The van der Waals surface area contributed by atoms with Crippen LogP contribution in [-0.4, -0.2) is 30.9 Å². The summed E-state index contributed by atoms with van der Waals surface area (Å²) in [4.78, 5) is 35.1. The van der Waals surface area contributed by atoms with E-state index in [0.29, 0.717) is 24.4 Å². The second kappa shape index (κ2) is 8.35. The van der Waals surface area contributed by atoms with Crippen LogP contribution in [0.15, 0.2) is 48.5 Å². The number of carbonyl (C=O) groups excluding carboxylic acids is 3. The lowest BCUT2D eigenvalue weighted by Gasteiger charge is -2.24. The van der Waals surface area contributed by atoms with Crippen molar-refractivity contribution in [3.8, 4) is 5.75 Å². The number of fused-ring (bicyclic) bond motifs is 1. The third-order valence-corrected chi connectivity index (χ3v) is 4.33. The minimum Gasteiger partial charge on any atom is -0.484 e. The van der Waals surface area contributed by atoms with Crippen LogP contribution in [0.3, 0.4) is 0 Å². The summed E-state index contributed by atoms with van der Waals surface area (Å²) < 4.78 is 5.21. The van der Waals surface area contributed by atoms with Crippen LogP contribution in [-0.2, 0) is 20.8 Å². The standard InChI is InChI=1S/C20H21N3O4/c21-18(24)12-27-14-7-5-13(6-8-14)9-10-22-20(26)16-11-19(25)23-17-4-2-1-3-15(16)17/h1-8,16H,9-12H2,(H2,21,24)(H,22,26)(H,23,25). The van der Waals surface area contributed by atoms with E-state index < -0.39 is 11.8 Å².